The van der Waals surface area contributed by atoms with Gasteiger partial charge in [0, 0.05) is 5.69 Å². The monoisotopic (exact) mass is 371 g/mol. The maximum absolute atomic E-state index is 6.07. The lowest BCUT2D eigenvalue weighted by Crippen LogP contribution is -2.22. The Balaban J connectivity index is 0.00000156. The van der Waals surface area contributed by atoms with E-state index in [1.165, 1.54) is 54.4 Å². The Labute approximate surface area is 147 Å². The summed E-state index contributed by atoms with van der Waals surface area (Å²) in [5.41, 5.74) is 13.8. The number of guanidine groups is 1. The van der Waals surface area contributed by atoms with Gasteiger partial charge in [0.1, 0.15) is 0 Å². The number of anilines is 1. The van der Waals surface area contributed by atoms with E-state index >= 15 is 0 Å². The minimum atomic E-state index is 0. The van der Waals surface area contributed by atoms with Gasteiger partial charge in [-0.15, -0.1) is 17.0 Å². The van der Waals surface area contributed by atoms with Crippen LogP contribution in [0.3, 0.4) is 0 Å². The molecule has 0 aliphatic heterocycles. The van der Waals surface area contributed by atoms with E-state index in [9.17, 15) is 0 Å². The first-order chi connectivity index (χ1) is 10.8. The number of hydrogen-bond donors (Lipinski definition) is 2. The van der Waals surface area contributed by atoms with Crippen LogP contribution in [0.15, 0.2) is 41.4 Å². The Bertz CT molecular complexity index is 752. The molecule has 2 aromatic carbocycles. The summed E-state index contributed by atoms with van der Waals surface area (Å²) in [5.74, 6) is 0.455. The zero-order chi connectivity index (χ0) is 14.9. The van der Waals surface area contributed by atoms with Crippen LogP contribution >= 0.6 is 17.0 Å². The number of nitrogens with two attached hydrogens (primary N) is 1. The standard InChI is InChI=1S/C19H21N3.BrH/c20-19(21-17-9-7-13-3-1-5-15(13)11-17)22-18-10-8-14-4-2-6-16(14)12-18;/h7-12H,1-6H2,(H3,20,21,22);1H. The summed E-state index contributed by atoms with van der Waals surface area (Å²) < 4.78 is 0. The van der Waals surface area contributed by atoms with Crippen LogP contribution in [0.4, 0.5) is 11.4 Å². The highest BCUT2D eigenvalue weighted by Crippen LogP contribution is 2.27. The van der Waals surface area contributed by atoms with Crippen LogP contribution < -0.4 is 11.1 Å². The van der Waals surface area contributed by atoms with Gasteiger partial charge in [0.2, 0.25) is 0 Å². The highest BCUT2D eigenvalue weighted by Gasteiger charge is 2.12. The molecule has 0 unspecified atom stereocenters. The molecular formula is C19H22BrN3. The minimum absolute atomic E-state index is 0. The molecule has 0 bridgehead atoms. The van der Waals surface area contributed by atoms with Gasteiger partial charge in [-0.05, 0) is 85.0 Å². The van der Waals surface area contributed by atoms with Crippen LogP contribution in [0.1, 0.15) is 35.1 Å². The molecule has 120 valence electrons. The molecule has 0 fully saturated rings. The molecule has 3 N–H and O–H groups in total. The first-order valence-electron chi connectivity index (χ1n) is 8.13. The zero-order valence-corrected chi connectivity index (χ0v) is 14.9. The van der Waals surface area contributed by atoms with Crippen LogP contribution in [0.5, 0.6) is 0 Å². The molecule has 4 rings (SSSR count). The van der Waals surface area contributed by atoms with Crippen molar-refractivity contribution in [3.8, 4) is 0 Å². The molecule has 2 aromatic rings. The predicted octanol–water partition coefficient (Wildman–Crippen LogP) is 4.30. The molecule has 0 aromatic heterocycles. The molecule has 0 radical (unpaired) electrons. The fraction of sp³-hybridized carbons (Fsp3) is 0.316. The van der Waals surface area contributed by atoms with E-state index < -0.39 is 0 Å². The van der Waals surface area contributed by atoms with Gasteiger partial charge in [-0.1, -0.05) is 12.1 Å². The van der Waals surface area contributed by atoms with Crippen LogP contribution in [0, 0.1) is 0 Å². The van der Waals surface area contributed by atoms with Gasteiger partial charge in [0.25, 0.3) is 0 Å². The molecule has 0 amide bonds. The third kappa shape index (κ3) is 3.42. The van der Waals surface area contributed by atoms with Crippen LogP contribution in [-0.4, -0.2) is 5.96 Å². The van der Waals surface area contributed by atoms with E-state index in [0.717, 1.165) is 17.8 Å². The van der Waals surface area contributed by atoms with Gasteiger partial charge in [-0.25, -0.2) is 4.99 Å². The molecule has 0 heterocycles. The second-order valence-corrected chi connectivity index (χ2v) is 6.27. The largest absolute Gasteiger partial charge is 0.369 e. The summed E-state index contributed by atoms with van der Waals surface area (Å²) >= 11 is 0. The van der Waals surface area contributed by atoms with Crippen molar-refractivity contribution < 1.29 is 0 Å². The van der Waals surface area contributed by atoms with Crippen molar-refractivity contribution in [3.63, 3.8) is 0 Å². The van der Waals surface area contributed by atoms with Gasteiger partial charge in [-0.2, -0.15) is 0 Å². The Morgan fingerprint density at radius 3 is 2.17 bits per heavy atom. The van der Waals surface area contributed by atoms with E-state index in [-0.39, 0.29) is 17.0 Å². The molecular weight excluding hydrogens is 350 g/mol. The van der Waals surface area contributed by atoms with E-state index in [0.29, 0.717) is 5.96 Å². The molecule has 3 nitrogen and oxygen atoms in total. The lowest BCUT2D eigenvalue weighted by molar-refractivity contribution is 0.912. The summed E-state index contributed by atoms with van der Waals surface area (Å²) in [4.78, 5) is 4.51. The summed E-state index contributed by atoms with van der Waals surface area (Å²) in [7, 11) is 0. The maximum Gasteiger partial charge on any atom is 0.198 e. The lowest BCUT2D eigenvalue weighted by atomic mass is 10.1. The molecule has 23 heavy (non-hydrogen) atoms. The summed E-state index contributed by atoms with van der Waals surface area (Å²) in [6, 6.07) is 12.9. The molecule has 0 spiro atoms. The highest BCUT2D eigenvalue weighted by molar-refractivity contribution is 8.93. The van der Waals surface area contributed by atoms with Crippen LogP contribution in [-0.2, 0) is 25.7 Å². The van der Waals surface area contributed by atoms with Crippen molar-refractivity contribution in [3.05, 3.63) is 58.7 Å². The number of fused-ring (bicyclic) bond motifs is 2. The fourth-order valence-corrected chi connectivity index (χ4v) is 3.59. The lowest BCUT2D eigenvalue weighted by Gasteiger charge is -2.08. The number of hydrogen-bond acceptors (Lipinski definition) is 1. The third-order valence-corrected chi connectivity index (χ3v) is 4.70. The van der Waals surface area contributed by atoms with Crippen molar-refractivity contribution in [2.45, 2.75) is 38.5 Å². The molecule has 0 saturated heterocycles. The highest BCUT2D eigenvalue weighted by atomic mass is 79.9. The zero-order valence-electron chi connectivity index (χ0n) is 13.1. The Kier molecular flexibility index (Phi) is 4.71. The smallest absolute Gasteiger partial charge is 0.198 e. The minimum Gasteiger partial charge on any atom is -0.369 e. The average molecular weight is 372 g/mol. The molecule has 0 atom stereocenters. The van der Waals surface area contributed by atoms with Crippen molar-refractivity contribution in [2.75, 3.05) is 5.32 Å². The maximum atomic E-state index is 6.07. The quantitative estimate of drug-likeness (QED) is 0.610. The molecule has 4 heteroatoms. The van der Waals surface area contributed by atoms with Gasteiger partial charge in [-0.3, -0.25) is 0 Å². The van der Waals surface area contributed by atoms with Crippen molar-refractivity contribution >= 4 is 34.3 Å². The number of rotatable bonds is 2. The van der Waals surface area contributed by atoms with Crippen molar-refractivity contribution in [1.82, 2.24) is 0 Å². The van der Waals surface area contributed by atoms with Gasteiger partial charge in [0.05, 0.1) is 5.69 Å². The molecule has 2 aliphatic carbocycles. The normalized spacial score (nSPS) is 15.7. The summed E-state index contributed by atoms with van der Waals surface area (Å²) in [5, 5.41) is 3.22. The first-order valence-corrected chi connectivity index (χ1v) is 8.13. The number of nitrogens with zero attached hydrogens (tertiary/aromatic N) is 1. The number of aryl methyl sites for hydroxylation is 4. The molecule has 2 aliphatic rings. The van der Waals surface area contributed by atoms with E-state index in [1.807, 2.05) is 0 Å². The van der Waals surface area contributed by atoms with Gasteiger partial charge < -0.3 is 11.1 Å². The second kappa shape index (κ2) is 6.75. The third-order valence-electron chi connectivity index (χ3n) is 4.70. The van der Waals surface area contributed by atoms with E-state index in [1.54, 1.807) is 0 Å². The van der Waals surface area contributed by atoms with Crippen molar-refractivity contribution in [1.29, 1.82) is 0 Å². The number of halogens is 1. The first kappa shape index (κ1) is 16.1. The SMILES string of the molecule is Br.NC(=Nc1ccc2c(c1)CCC2)Nc1ccc2c(c1)CCC2. The topological polar surface area (TPSA) is 50.4 Å². The van der Waals surface area contributed by atoms with Gasteiger partial charge >= 0.3 is 0 Å². The van der Waals surface area contributed by atoms with E-state index in [2.05, 4.69) is 46.7 Å². The molecule has 0 saturated carbocycles. The Hall–Kier alpha value is -1.81. The predicted molar refractivity (Wildman–Crippen MR) is 102 cm³/mol. The van der Waals surface area contributed by atoms with E-state index in [4.69, 9.17) is 5.73 Å². The Morgan fingerprint density at radius 2 is 1.43 bits per heavy atom. The van der Waals surface area contributed by atoms with Crippen molar-refractivity contribution in [2.24, 2.45) is 10.7 Å². The summed E-state index contributed by atoms with van der Waals surface area (Å²) in [6.07, 6.45) is 7.25. The number of nitrogens with one attached hydrogen (secondary N) is 1. The number of aliphatic imine (C=N–C) groups is 1. The van der Waals surface area contributed by atoms with Crippen LogP contribution in [0.2, 0.25) is 0 Å². The second-order valence-electron chi connectivity index (χ2n) is 6.27. The fourth-order valence-electron chi connectivity index (χ4n) is 3.59. The Morgan fingerprint density at radius 1 is 0.826 bits per heavy atom. The van der Waals surface area contributed by atoms with Crippen LogP contribution in [0.25, 0.3) is 0 Å². The van der Waals surface area contributed by atoms with Gasteiger partial charge in [0.15, 0.2) is 5.96 Å². The number of benzene rings is 2. The average Bonchev–Trinajstić information content (AvgIpc) is 3.14. The summed E-state index contributed by atoms with van der Waals surface area (Å²) in [6.45, 7) is 0.